The quantitative estimate of drug-likeness (QED) is 0.268. The first-order valence-corrected chi connectivity index (χ1v) is 13.6. The first-order valence-electron chi connectivity index (χ1n) is 13.6. The Kier molecular flexibility index (Phi) is 8.86. The molecule has 1 N–H and O–H groups in total. The molecule has 0 spiro atoms. The normalized spacial score (nSPS) is 12.2. The molecule has 2 heterocycles. The number of amides is 1. The highest BCUT2D eigenvalue weighted by atomic mass is 16.5. The van der Waals surface area contributed by atoms with Crippen molar-refractivity contribution >= 4 is 5.91 Å². The van der Waals surface area contributed by atoms with Crippen LogP contribution >= 0.6 is 0 Å². The highest BCUT2D eigenvalue weighted by Crippen LogP contribution is 2.30. The van der Waals surface area contributed by atoms with Gasteiger partial charge in [0.15, 0.2) is 0 Å². The second kappa shape index (κ2) is 12.3. The maximum atomic E-state index is 13.4. The van der Waals surface area contributed by atoms with E-state index in [1.807, 2.05) is 80.0 Å². The molecule has 4 rings (SSSR count). The molecule has 0 saturated heterocycles. The fourth-order valence-electron chi connectivity index (χ4n) is 4.31. The first-order chi connectivity index (χ1) is 18.6. The van der Waals surface area contributed by atoms with E-state index in [-0.39, 0.29) is 18.0 Å². The minimum Gasteiger partial charge on any atom is -0.492 e. The monoisotopic (exact) mass is 528 g/mol. The second-order valence-electron chi connectivity index (χ2n) is 10.5. The van der Waals surface area contributed by atoms with Crippen molar-refractivity contribution in [2.75, 3.05) is 27.2 Å². The summed E-state index contributed by atoms with van der Waals surface area (Å²) in [5.41, 5.74) is 6.25. The fraction of sp³-hybridized carbons (Fsp3) is 0.387. The molecular formula is C31H40N6O2. The molecule has 8 nitrogen and oxygen atoms in total. The lowest BCUT2D eigenvalue weighted by Gasteiger charge is -2.18. The molecule has 2 aromatic carbocycles. The zero-order valence-electron chi connectivity index (χ0n) is 24.1. The number of likely N-dealkylation sites (N-methyl/N-ethyl adjacent to an activating group) is 1. The van der Waals surface area contributed by atoms with Gasteiger partial charge < -0.3 is 15.0 Å². The van der Waals surface area contributed by atoms with Crippen LogP contribution in [0.4, 0.5) is 0 Å². The maximum absolute atomic E-state index is 13.4. The summed E-state index contributed by atoms with van der Waals surface area (Å²) in [6.07, 6.45) is 3.98. The number of rotatable bonds is 11. The van der Waals surface area contributed by atoms with Crippen molar-refractivity contribution in [3.63, 3.8) is 0 Å². The standard InChI is InChI=1S/C31H40N6O2/c1-8-36-13-11-29(33-36)25-17-24(18-26(19-25)30-12-14-37(34-30)21(2)3)23(5)32-31(38)28-20-27(10-9-22(28)4)39-16-15-35(6)7/h9-14,17-21,23H,8,15-16H2,1-7H3,(H,32,38)/t23-/m1/s1. The molecule has 1 amide bonds. The van der Waals surface area contributed by atoms with Crippen LogP contribution in [-0.4, -0.2) is 57.6 Å². The Hall–Kier alpha value is -3.91. The van der Waals surface area contributed by atoms with Crippen LogP contribution in [0.1, 0.15) is 61.3 Å². The van der Waals surface area contributed by atoms with Gasteiger partial charge in [0.25, 0.3) is 5.91 Å². The van der Waals surface area contributed by atoms with Crippen LogP contribution in [0.2, 0.25) is 0 Å². The lowest BCUT2D eigenvalue weighted by atomic mass is 9.97. The zero-order chi connectivity index (χ0) is 28.1. The van der Waals surface area contributed by atoms with Gasteiger partial charge in [-0.25, -0.2) is 0 Å². The minimum absolute atomic E-state index is 0.135. The number of ether oxygens (including phenoxy) is 1. The van der Waals surface area contributed by atoms with Gasteiger partial charge in [0.1, 0.15) is 12.4 Å². The Morgan fingerprint density at radius 2 is 1.67 bits per heavy atom. The number of carbonyl (C=O) groups is 1. The van der Waals surface area contributed by atoms with Crippen LogP contribution in [0.5, 0.6) is 5.75 Å². The van der Waals surface area contributed by atoms with E-state index in [0.717, 1.165) is 46.7 Å². The fourth-order valence-corrected chi connectivity index (χ4v) is 4.31. The number of aromatic nitrogens is 4. The summed E-state index contributed by atoms with van der Waals surface area (Å²) in [4.78, 5) is 15.5. The largest absolute Gasteiger partial charge is 0.492 e. The molecule has 0 saturated carbocycles. The van der Waals surface area contributed by atoms with Crippen LogP contribution in [0.25, 0.3) is 22.5 Å². The molecule has 0 bridgehead atoms. The van der Waals surface area contributed by atoms with E-state index in [4.69, 9.17) is 14.9 Å². The number of nitrogens with zero attached hydrogens (tertiary/aromatic N) is 5. The van der Waals surface area contributed by atoms with Crippen molar-refractivity contribution in [1.82, 2.24) is 29.8 Å². The molecular weight excluding hydrogens is 488 g/mol. The SMILES string of the molecule is CCn1ccc(-c2cc(-c3ccn(C(C)C)n3)cc([C@@H](C)NC(=O)c3cc(OCCN(C)C)ccc3C)c2)n1. The van der Waals surface area contributed by atoms with Crippen molar-refractivity contribution in [3.8, 4) is 28.3 Å². The Bertz CT molecular complexity index is 1420. The molecule has 0 unspecified atom stereocenters. The topological polar surface area (TPSA) is 77.2 Å². The maximum Gasteiger partial charge on any atom is 0.252 e. The second-order valence-corrected chi connectivity index (χ2v) is 10.5. The number of nitrogens with one attached hydrogen (secondary N) is 1. The van der Waals surface area contributed by atoms with Gasteiger partial charge in [-0.15, -0.1) is 0 Å². The number of benzene rings is 2. The summed E-state index contributed by atoms with van der Waals surface area (Å²) in [6.45, 7) is 12.4. The van der Waals surface area contributed by atoms with Crippen LogP contribution < -0.4 is 10.1 Å². The Labute approximate surface area is 231 Å². The zero-order valence-corrected chi connectivity index (χ0v) is 24.1. The summed E-state index contributed by atoms with van der Waals surface area (Å²) in [5.74, 6) is 0.557. The van der Waals surface area contributed by atoms with Gasteiger partial charge in [0, 0.05) is 48.2 Å². The number of hydrogen-bond donors (Lipinski definition) is 1. The molecule has 8 heteroatoms. The van der Waals surface area contributed by atoms with Gasteiger partial charge in [-0.05, 0) is 102 Å². The third-order valence-electron chi connectivity index (χ3n) is 6.76. The van der Waals surface area contributed by atoms with E-state index in [0.29, 0.717) is 17.9 Å². The Balaban J connectivity index is 1.62. The van der Waals surface area contributed by atoms with Gasteiger partial charge in [0.05, 0.1) is 17.4 Å². The third kappa shape index (κ3) is 6.95. The Morgan fingerprint density at radius 1 is 0.974 bits per heavy atom. The molecule has 0 aliphatic heterocycles. The van der Waals surface area contributed by atoms with Crippen LogP contribution in [0.15, 0.2) is 60.9 Å². The highest BCUT2D eigenvalue weighted by molar-refractivity contribution is 5.96. The predicted molar refractivity (Wildman–Crippen MR) is 156 cm³/mol. The Morgan fingerprint density at radius 3 is 2.28 bits per heavy atom. The molecule has 4 aromatic rings. The van der Waals surface area contributed by atoms with Gasteiger partial charge in [-0.3, -0.25) is 14.2 Å². The summed E-state index contributed by atoms with van der Waals surface area (Å²) in [6, 6.07) is 16.1. The van der Waals surface area contributed by atoms with Crippen molar-refractivity contribution in [3.05, 3.63) is 77.6 Å². The van der Waals surface area contributed by atoms with Gasteiger partial charge in [0.2, 0.25) is 0 Å². The number of carbonyl (C=O) groups excluding carboxylic acids is 1. The van der Waals surface area contributed by atoms with Gasteiger partial charge in [-0.2, -0.15) is 10.2 Å². The average molecular weight is 529 g/mol. The molecule has 0 aliphatic rings. The van der Waals surface area contributed by atoms with Crippen molar-refractivity contribution < 1.29 is 9.53 Å². The summed E-state index contributed by atoms with van der Waals surface area (Å²) in [5, 5.41) is 12.7. The van der Waals surface area contributed by atoms with Gasteiger partial charge in [-0.1, -0.05) is 6.07 Å². The van der Waals surface area contributed by atoms with E-state index in [9.17, 15) is 4.79 Å². The number of hydrogen-bond acceptors (Lipinski definition) is 5. The summed E-state index contributed by atoms with van der Waals surface area (Å²) >= 11 is 0. The molecule has 0 aliphatic carbocycles. The van der Waals surface area contributed by atoms with Crippen molar-refractivity contribution in [2.24, 2.45) is 0 Å². The molecule has 1 atom stereocenters. The number of aryl methyl sites for hydroxylation is 2. The molecule has 39 heavy (non-hydrogen) atoms. The molecule has 2 aromatic heterocycles. The van der Waals surface area contributed by atoms with Crippen LogP contribution in [0.3, 0.4) is 0 Å². The minimum atomic E-state index is -0.241. The van der Waals surface area contributed by atoms with Gasteiger partial charge >= 0.3 is 0 Å². The first kappa shape index (κ1) is 28.1. The van der Waals surface area contributed by atoms with E-state index in [2.05, 4.69) is 49.2 Å². The average Bonchev–Trinajstić information content (AvgIpc) is 3.59. The highest BCUT2D eigenvalue weighted by Gasteiger charge is 2.18. The predicted octanol–water partition coefficient (Wildman–Crippen LogP) is 5.75. The van der Waals surface area contributed by atoms with Crippen LogP contribution in [0, 0.1) is 6.92 Å². The molecule has 0 radical (unpaired) electrons. The van der Waals surface area contributed by atoms with E-state index in [1.165, 1.54) is 0 Å². The lowest BCUT2D eigenvalue weighted by Crippen LogP contribution is -2.27. The van der Waals surface area contributed by atoms with Crippen molar-refractivity contribution in [1.29, 1.82) is 0 Å². The van der Waals surface area contributed by atoms with E-state index < -0.39 is 0 Å². The third-order valence-corrected chi connectivity index (χ3v) is 6.76. The van der Waals surface area contributed by atoms with Crippen molar-refractivity contribution in [2.45, 2.75) is 53.2 Å². The van der Waals surface area contributed by atoms with Crippen LogP contribution in [-0.2, 0) is 6.54 Å². The summed E-state index contributed by atoms with van der Waals surface area (Å²) < 4.78 is 9.74. The lowest BCUT2D eigenvalue weighted by molar-refractivity contribution is 0.0938. The summed E-state index contributed by atoms with van der Waals surface area (Å²) in [7, 11) is 4.01. The smallest absolute Gasteiger partial charge is 0.252 e. The van der Waals surface area contributed by atoms with E-state index >= 15 is 0 Å². The molecule has 206 valence electrons. The van der Waals surface area contributed by atoms with E-state index in [1.54, 1.807) is 0 Å². The molecule has 0 fully saturated rings.